The van der Waals surface area contributed by atoms with Crippen LogP contribution in [0.3, 0.4) is 0 Å². The number of likely N-dealkylation sites (tertiary alicyclic amines) is 1. The number of para-hydroxylation sites is 1. The molecule has 4 fully saturated rings. The Labute approximate surface area is 181 Å². The second-order valence-corrected chi connectivity index (χ2v) is 9.80. The number of carbonyl (C=O) groups excluding carboxylic acids is 3. The number of rotatable bonds is 3. The van der Waals surface area contributed by atoms with Gasteiger partial charge in [0.15, 0.2) is 0 Å². The fourth-order valence-electron chi connectivity index (χ4n) is 6.83. The summed E-state index contributed by atoms with van der Waals surface area (Å²) in [5.74, 6) is 0.842. The Bertz CT molecular complexity index is 1040. The standard InChI is InChI=1S/C25H27N3O3/c29-23(27-20-11-12-26-19-4-2-1-3-18(19)20)14-7-9-17(10-8-14)28-24(30)21-15-5-6-16(13-15)22(21)25(28)31/h1-4,11-12,14-17,21-22H,5-10,13H2,(H,26,27,29)/t14?,15-,16+,17?,21-,22+. The lowest BCUT2D eigenvalue weighted by Crippen LogP contribution is -2.44. The molecule has 0 radical (unpaired) electrons. The summed E-state index contributed by atoms with van der Waals surface area (Å²) >= 11 is 0. The van der Waals surface area contributed by atoms with Crippen LogP contribution >= 0.6 is 0 Å². The van der Waals surface area contributed by atoms with Crippen molar-refractivity contribution in [1.82, 2.24) is 9.88 Å². The van der Waals surface area contributed by atoms with Gasteiger partial charge in [-0.3, -0.25) is 24.3 Å². The van der Waals surface area contributed by atoms with Gasteiger partial charge in [-0.15, -0.1) is 0 Å². The third kappa shape index (κ3) is 2.91. The highest BCUT2D eigenvalue weighted by atomic mass is 16.2. The maximum atomic E-state index is 13.1. The smallest absolute Gasteiger partial charge is 0.233 e. The number of imide groups is 1. The molecule has 2 heterocycles. The monoisotopic (exact) mass is 417 g/mol. The number of anilines is 1. The molecule has 0 spiro atoms. The van der Waals surface area contributed by atoms with Crippen LogP contribution in [0, 0.1) is 29.6 Å². The fourth-order valence-corrected chi connectivity index (χ4v) is 6.83. The molecule has 1 saturated heterocycles. The van der Waals surface area contributed by atoms with E-state index in [-0.39, 0.29) is 41.5 Å². The van der Waals surface area contributed by atoms with Crippen molar-refractivity contribution in [3.05, 3.63) is 36.5 Å². The Kier molecular flexibility index (Phi) is 4.37. The third-order valence-electron chi connectivity index (χ3n) is 8.30. The van der Waals surface area contributed by atoms with Crippen LogP contribution < -0.4 is 5.32 Å². The van der Waals surface area contributed by atoms with Crippen molar-refractivity contribution >= 4 is 34.3 Å². The number of benzene rings is 1. The zero-order valence-corrected chi connectivity index (χ0v) is 17.5. The SMILES string of the molecule is O=C(Nc1ccnc2ccccc12)C1CCC(N2C(=O)[C@@H]3[C@@H]4CC[C@@H](C4)[C@@H]3C2=O)CC1. The summed E-state index contributed by atoms with van der Waals surface area (Å²) in [7, 11) is 0. The maximum absolute atomic E-state index is 13.1. The summed E-state index contributed by atoms with van der Waals surface area (Å²) in [5, 5.41) is 4.01. The zero-order chi connectivity index (χ0) is 21.1. The first-order valence-electron chi connectivity index (χ1n) is 11.6. The molecule has 6 nitrogen and oxygen atoms in total. The lowest BCUT2D eigenvalue weighted by Gasteiger charge is -2.33. The summed E-state index contributed by atoms with van der Waals surface area (Å²) in [4.78, 5) is 45.1. The first kappa shape index (κ1) is 19.0. The molecule has 3 saturated carbocycles. The number of aromatic nitrogens is 1. The van der Waals surface area contributed by atoms with Crippen molar-refractivity contribution < 1.29 is 14.4 Å². The first-order valence-corrected chi connectivity index (χ1v) is 11.6. The Morgan fingerprint density at radius 2 is 1.58 bits per heavy atom. The van der Waals surface area contributed by atoms with Crippen LogP contribution in [0.2, 0.25) is 0 Å². The highest BCUT2D eigenvalue weighted by molar-refractivity contribution is 6.06. The van der Waals surface area contributed by atoms with Crippen LogP contribution in [0.15, 0.2) is 36.5 Å². The van der Waals surface area contributed by atoms with E-state index in [0.29, 0.717) is 24.7 Å². The minimum atomic E-state index is -0.0911. The summed E-state index contributed by atoms with van der Waals surface area (Å²) < 4.78 is 0. The van der Waals surface area contributed by atoms with E-state index >= 15 is 0 Å². The molecule has 1 N–H and O–H groups in total. The topological polar surface area (TPSA) is 79.4 Å². The predicted molar refractivity (Wildman–Crippen MR) is 116 cm³/mol. The number of amides is 3. The molecule has 160 valence electrons. The van der Waals surface area contributed by atoms with Crippen molar-refractivity contribution in [3.8, 4) is 0 Å². The molecule has 1 aromatic carbocycles. The summed E-state index contributed by atoms with van der Waals surface area (Å²) in [5.41, 5.74) is 1.64. The van der Waals surface area contributed by atoms with Gasteiger partial charge in [-0.2, -0.15) is 0 Å². The fraction of sp³-hybridized carbons (Fsp3) is 0.520. The lowest BCUT2D eigenvalue weighted by atomic mass is 9.81. The maximum Gasteiger partial charge on any atom is 0.233 e. The number of carbonyl (C=O) groups is 3. The van der Waals surface area contributed by atoms with Gasteiger partial charge in [0.2, 0.25) is 17.7 Å². The van der Waals surface area contributed by atoms with Crippen molar-refractivity contribution in [2.24, 2.45) is 29.6 Å². The number of pyridine rings is 1. The van der Waals surface area contributed by atoms with Crippen molar-refractivity contribution in [2.75, 3.05) is 5.32 Å². The Morgan fingerprint density at radius 3 is 2.29 bits per heavy atom. The van der Waals surface area contributed by atoms with Gasteiger partial charge in [0, 0.05) is 23.5 Å². The van der Waals surface area contributed by atoms with E-state index in [1.165, 1.54) is 0 Å². The Balaban J connectivity index is 1.12. The molecule has 4 aliphatic rings. The van der Waals surface area contributed by atoms with Gasteiger partial charge >= 0.3 is 0 Å². The van der Waals surface area contributed by atoms with E-state index in [1.807, 2.05) is 30.3 Å². The number of hydrogen-bond acceptors (Lipinski definition) is 4. The molecule has 1 aliphatic heterocycles. The van der Waals surface area contributed by atoms with Crippen LogP contribution in [0.5, 0.6) is 0 Å². The molecular formula is C25H27N3O3. The predicted octanol–water partition coefficient (Wildman–Crippen LogP) is 3.76. The van der Waals surface area contributed by atoms with Gasteiger partial charge in [-0.25, -0.2) is 0 Å². The highest BCUT2D eigenvalue weighted by Gasteiger charge is 2.61. The number of hydrogen-bond donors (Lipinski definition) is 1. The van der Waals surface area contributed by atoms with Gasteiger partial charge in [-0.05, 0) is 68.9 Å². The van der Waals surface area contributed by atoms with Crippen LogP contribution in [0.25, 0.3) is 10.9 Å². The highest BCUT2D eigenvalue weighted by Crippen LogP contribution is 2.56. The van der Waals surface area contributed by atoms with E-state index in [0.717, 1.165) is 48.7 Å². The molecule has 3 amide bonds. The second kappa shape index (κ2) is 7.14. The molecule has 3 aliphatic carbocycles. The average molecular weight is 418 g/mol. The van der Waals surface area contributed by atoms with Gasteiger partial charge in [-0.1, -0.05) is 18.2 Å². The Hall–Kier alpha value is -2.76. The average Bonchev–Trinajstić information content (AvgIpc) is 3.48. The second-order valence-electron chi connectivity index (χ2n) is 9.80. The van der Waals surface area contributed by atoms with E-state index in [1.54, 1.807) is 11.1 Å². The molecular weight excluding hydrogens is 390 g/mol. The van der Waals surface area contributed by atoms with Crippen molar-refractivity contribution in [2.45, 2.75) is 51.0 Å². The largest absolute Gasteiger partial charge is 0.325 e. The number of fused-ring (bicyclic) bond motifs is 6. The van der Waals surface area contributed by atoms with Crippen LogP contribution in [0.4, 0.5) is 5.69 Å². The molecule has 2 bridgehead atoms. The lowest BCUT2D eigenvalue weighted by molar-refractivity contribution is -0.144. The van der Waals surface area contributed by atoms with E-state index in [2.05, 4.69) is 10.3 Å². The molecule has 1 aromatic heterocycles. The van der Waals surface area contributed by atoms with Crippen LogP contribution in [-0.4, -0.2) is 33.6 Å². The third-order valence-corrected chi connectivity index (χ3v) is 8.30. The summed E-state index contributed by atoms with van der Waals surface area (Å²) in [6.45, 7) is 0. The normalized spacial score (nSPS) is 34.4. The minimum Gasteiger partial charge on any atom is -0.325 e. The first-order chi connectivity index (χ1) is 15.1. The Morgan fingerprint density at radius 1 is 0.903 bits per heavy atom. The van der Waals surface area contributed by atoms with Gasteiger partial charge in [0.1, 0.15) is 0 Å². The van der Waals surface area contributed by atoms with Crippen LogP contribution in [0.1, 0.15) is 44.9 Å². The molecule has 6 rings (SSSR count). The number of nitrogens with one attached hydrogen (secondary N) is 1. The summed E-state index contributed by atoms with van der Waals surface area (Å²) in [6.07, 6.45) is 7.85. The van der Waals surface area contributed by atoms with E-state index in [9.17, 15) is 14.4 Å². The molecule has 2 aromatic rings. The zero-order valence-electron chi connectivity index (χ0n) is 17.5. The quantitative estimate of drug-likeness (QED) is 0.771. The molecule has 4 atom stereocenters. The van der Waals surface area contributed by atoms with Crippen molar-refractivity contribution in [3.63, 3.8) is 0 Å². The summed E-state index contributed by atoms with van der Waals surface area (Å²) in [6, 6.07) is 9.57. The van der Waals surface area contributed by atoms with Crippen molar-refractivity contribution in [1.29, 1.82) is 0 Å². The van der Waals surface area contributed by atoms with E-state index in [4.69, 9.17) is 0 Å². The number of nitrogens with zero attached hydrogens (tertiary/aromatic N) is 2. The van der Waals surface area contributed by atoms with E-state index < -0.39 is 0 Å². The van der Waals surface area contributed by atoms with Crippen LogP contribution in [-0.2, 0) is 14.4 Å². The van der Waals surface area contributed by atoms with Gasteiger partial charge in [0.25, 0.3) is 0 Å². The molecule has 31 heavy (non-hydrogen) atoms. The minimum absolute atomic E-state index is 0.0174. The molecule has 6 heteroatoms. The molecule has 0 unspecified atom stereocenters. The van der Waals surface area contributed by atoms with Gasteiger partial charge in [0.05, 0.1) is 23.0 Å². The van der Waals surface area contributed by atoms with Gasteiger partial charge < -0.3 is 5.32 Å².